The van der Waals surface area contributed by atoms with Crippen LogP contribution in [-0.4, -0.2) is 22.8 Å². The zero-order valence-electron chi connectivity index (χ0n) is 7.79. The smallest absolute Gasteiger partial charge is 0.173 e. The highest BCUT2D eigenvalue weighted by Crippen LogP contribution is 2.26. The molecule has 0 unspecified atom stereocenters. The molecule has 0 atom stereocenters. The molecule has 0 saturated heterocycles. The topological polar surface area (TPSA) is 46.5 Å². The lowest BCUT2D eigenvalue weighted by Crippen LogP contribution is -2.00. The monoisotopic (exact) mass is 258 g/mol. The van der Waals surface area contributed by atoms with Crippen LogP contribution in [0.15, 0.2) is 18.2 Å². The van der Waals surface area contributed by atoms with Crippen LogP contribution in [-0.2, 0) is 0 Å². The van der Waals surface area contributed by atoms with Gasteiger partial charge in [-0.05, 0) is 25.1 Å². The third-order valence-electron chi connectivity index (χ3n) is 1.70. The van der Waals surface area contributed by atoms with E-state index in [1.165, 1.54) is 6.07 Å². The van der Waals surface area contributed by atoms with Gasteiger partial charge in [0.25, 0.3) is 0 Å². The number of benzene rings is 1. The predicted molar refractivity (Wildman–Crippen MR) is 57.4 cm³/mol. The van der Waals surface area contributed by atoms with E-state index in [1.807, 2.05) is 6.92 Å². The Bertz CT molecular complexity index is 336. The molecule has 1 rings (SSSR count). The van der Waals surface area contributed by atoms with Crippen molar-refractivity contribution < 1.29 is 14.6 Å². The maximum Gasteiger partial charge on any atom is 0.173 e. The molecule has 1 N–H and O–H groups in total. The van der Waals surface area contributed by atoms with Crippen molar-refractivity contribution in [2.75, 3.05) is 11.9 Å². The molecule has 1 aromatic carbocycles. The third-order valence-corrected chi connectivity index (χ3v) is 2.21. The molecule has 0 amide bonds. The van der Waals surface area contributed by atoms with Gasteiger partial charge in [0.1, 0.15) is 0 Å². The van der Waals surface area contributed by atoms with Crippen molar-refractivity contribution in [3.8, 4) is 11.5 Å². The van der Waals surface area contributed by atoms with Crippen LogP contribution in [0.2, 0.25) is 0 Å². The normalized spacial score (nSPS) is 9.86. The van der Waals surface area contributed by atoms with E-state index in [0.717, 1.165) is 0 Å². The standard InChI is InChI=1S/C10H11BrO3/c1-2-14-10-4-3-7(5-8(10)12)9(13)6-11/h3-5,12H,2,6H2,1H3. The second-order valence-electron chi connectivity index (χ2n) is 2.67. The van der Waals surface area contributed by atoms with E-state index < -0.39 is 0 Å². The molecule has 0 aromatic heterocycles. The van der Waals surface area contributed by atoms with Crippen molar-refractivity contribution in [1.82, 2.24) is 0 Å². The minimum absolute atomic E-state index is 0.00125. The van der Waals surface area contributed by atoms with E-state index in [4.69, 9.17) is 4.74 Å². The van der Waals surface area contributed by atoms with Gasteiger partial charge < -0.3 is 9.84 Å². The van der Waals surface area contributed by atoms with Crippen molar-refractivity contribution in [2.45, 2.75) is 6.92 Å². The molecule has 0 saturated carbocycles. The van der Waals surface area contributed by atoms with Gasteiger partial charge in [-0.15, -0.1) is 0 Å². The number of Topliss-reactive ketones (excluding diaryl/α,β-unsaturated/α-hetero) is 1. The number of hydrogen-bond donors (Lipinski definition) is 1. The summed E-state index contributed by atoms with van der Waals surface area (Å²) in [4.78, 5) is 11.2. The predicted octanol–water partition coefficient (Wildman–Crippen LogP) is 2.37. The van der Waals surface area contributed by atoms with Crippen molar-refractivity contribution in [3.05, 3.63) is 23.8 Å². The lowest BCUT2D eigenvalue weighted by Gasteiger charge is -2.06. The first-order valence-corrected chi connectivity index (χ1v) is 5.36. The fraction of sp³-hybridized carbons (Fsp3) is 0.300. The molecule has 0 heterocycles. The van der Waals surface area contributed by atoms with E-state index in [1.54, 1.807) is 12.1 Å². The quantitative estimate of drug-likeness (QED) is 0.667. The fourth-order valence-corrected chi connectivity index (χ4v) is 1.37. The Kier molecular flexibility index (Phi) is 3.95. The molecule has 4 heteroatoms. The molecule has 0 aliphatic carbocycles. The number of ether oxygens (including phenoxy) is 1. The number of hydrogen-bond acceptors (Lipinski definition) is 3. The Labute approximate surface area is 90.8 Å². The first-order chi connectivity index (χ1) is 6.69. The number of phenolic OH excluding ortho intramolecular Hbond substituents is 1. The molecule has 14 heavy (non-hydrogen) atoms. The average Bonchev–Trinajstić information content (AvgIpc) is 2.20. The summed E-state index contributed by atoms with van der Waals surface area (Å²) < 4.78 is 5.13. The van der Waals surface area contributed by atoms with Crippen LogP contribution in [0.3, 0.4) is 0 Å². The summed E-state index contributed by atoms with van der Waals surface area (Å²) >= 11 is 3.06. The van der Waals surface area contributed by atoms with E-state index in [0.29, 0.717) is 17.9 Å². The van der Waals surface area contributed by atoms with Crippen molar-refractivity contribution in [1.29, 1.82) is 0 Å². The van der Waals surface area contributed by atoms with Gasteiger partial charge in [-0.1, -0.05) is 15.9 Å². The lowest BCUT2D eigenvalue weighted by molar-refractivity contribution is 0.102. The molecule has 1 aromatic rings. The summed E-state index contributed by atoms with van der Waals surface area (Å²) in [7, 11) is 0. The molecule has 0 bridgehead atoms. The van der Waals surface area contributed by atoms with Gasteiger partial charge in [-0.3, -0.25) is 4.79 Å². The highest BCUT2D eigenvalue weighted by Gasteiger charge is 2.08. The maximum atomic E-state index is 11.2. The molecule has 0 spiro atoms. The number of halogens is 1. The van der Waals surface area contributed by atoms with E-state index in [9.17, 15) is 9.90 Å². The van der Waals surface area contributed by atoms with Crippen LogP contribution in [0.4, 0.5) is 0 Å². The van der Waals surface area contributed by atoms with Gasteiger partial charge in [-0.2, -0.15) is 0 Å². The molecule has 0 aliphatic rings. The third kappa shape index (κ3) is 2.48. The van der Waals surface area contributed by atoms with Gasteiger partial charge in [0.15, 0.2) is 17.3 Å². The number of ketones is 1. The Morgan fingerprint density at radius 3 is 2.79 bits per heavy atom. The zero-order valence-corrected chi connectivity index (χ0v) is 9.37. The summed E-state index contributed by atoms with van der Waals surface area (Å²) in [6, 6.07) is 4.64. The highest BCUT2D eigenvalue weighted by atomic mass is 79.9. The molecule has 0 radical (unpaired) electrons. The second-order valence-corrected chi connectivity index (χ2v) is 3.23. The summed E-state index contributed by atoms with van der Waals surface area (Å²) in [6.07, 6.45) is 0. The fourth-order valence-electron chi connectivity index (χ4n) is 1.05. The minimum Gasteiger partial charge on any atom is -0.504 e. The van der Waals surface area contributed by atoms with Gasteiger partial charge >= 0.3 is 0 Å². The van der Waals surface area contributed by atoms with Crippen molar-refractivity contribution in [2.24, 2.45) is 0 Å². The first-order valence-electron chi connectivity index (χ1n) is 4.24. The second kappa shape index (κ2) is 5.00. The van der Waals surface area contributed by atoms with E-state index in [2.05, 4.69) is 15.9 Å². The van der Waals surface area contributed by atoms with Crippen LogP contribution < -0.4 is 4.74 Å². The number of rotatable bonds is 4. The molecule has 0 aliphatic heterocycles. The number of phenols is 1. The SMILES string of the molecule is CCOc1ccc(C(=O)CBr)cc1O. The van der Waals surface area contributed by atoms with Crippen LogP contribution >= 0.6 is 15.9 Å². The van der Waals surface area contributed by atoms with Gasteiger partial charge in [-0.25, -0.2) is 0 Å². The number of alkyl halides is 1. The van der Waals surface area contributed by atoms with Gasteiger partial charge in [0.05, 0.1) is 11.9 Å². The van der Waals surface area contributed by atoms with E-state index in [-0.39, 0.29) is 16.9 Å². The summed E-state index contributed by atoms with van der Waals surface area (Å²) in [5, 5.41) is 9.72. The van der Waals surface area contributed by atoms with Crippen molar-refractivity contribution >= 4 is 21.7 Å². The molecular weight excluding hydrogens is 248 g/mol. The first kappa shape index (κ1) is 11.0. The van der Waals surface area contributed by atoms with Crippen LogP contribution in [0, 0.1) is 0 Å². The number of carbonyl (C=O) groups excluding carboxylic acids is 1. The lowest BCUT2D eigenvalue weighted by atomic mass is 10.1. The number of aromatic hydroxyl groups is 1. The molecule has 3 nitrogen and oxygen atoms in total. The average molecular weight is 259 g/mol. The summed E-state index contributed by atoms with van der Waals surface area (Å²) in [5.41, 5.74) is 0.475. The molecule has 76 valence electrons. The van der Waals surface area contributed by atoms with Crippen LogP contribution in [0.25, 0.3) is 0 Å². The Morgan fingerprint density at radius 1 is 1.57 bits per heavy atom. The summed E-state index contributed by atoms with van der Waals surface area (Å²) in [6.45, 7) is 2.32. The van der Waals surface area contributed by atoms with Crippen LogP contribution in [0.1, 0.15) is 17.3 Å². The highest BCUT2D eigenvalue weighted by molar-refractivity contribution is 9.09. The number of carbonyl (C=O) groups is 1. The molecule has 0 fully saturated rings. The molecular formula is C10H11BrO3. The van der Waals surface area contributed by atoms with E-state index >= 15 is 0 Å². The van der Waals surface area contributed by atoms with Crippen LogP contribution in [0.5, 0.6) is 11.5 Å². The Morgan fingerprint density at radius 2 is 2.29 bits per heavy atom. The summed E-state index contributed by atoms with van der Waals surface area (Å²) in [5.74, 6) is 0.334. The Hall–Kier alpha value is -1.03. The van der Waals surface area contributed by atoms with Gasteiger partial charge in [0.2, 0.25) is 0 Å². The van der Waals surface area contributed by atoms with Crippen molar-refractivity contribution in [3.63, 3.8) is 0 Å². The largest absolute Gasteiger partial charge is 0.504 e. The zero-order chi connectivity index (χ0) is 10.6. The maximum absolute atomic E-state index is 11.2. The Balaban J connectivity index is 2.94. The van der Waals surface area contributed by atoms with Gasteiger partial charge in [0, 0.05) is 5.56 Å². The minimum atomic E-state index is -0.0663.